The van der Waals surface area contributed by atoms with Crippen molar-refractivity contribution in [3.63, 3.8) is 0 Å². The van der Waals surface area contributed by atoms with Gasteiger partial charge in [-0.05, 0) is 44.5 Å². The summed E-state index contributed by atoms with van der Waals surface area (Å²) in [6.07, 6.45) is 2.59. The lowest BCUT2D eigenvalue weighted by Crippen LogP contribution is -2.55. The standard InChI is InChI=1S/C16H24N2O4S.ClH/c1-3-11-22-14-6-4-5-13(12-14)18-15(19)16(23(2,20)21)7-9-17-10-8-16;/h4-6,12,17H,3,7-11H2,1-2H3,(H,18,19);1H. The molecule has 136 valence electrons. The van der Waals surface area contributed by atoms with Crippen LogP contribution in [0.3, 0.4) is 0 Å². The molecule has 1 fully saturated rings. The molecular weight excluding hydrogens is 352 g/mol. The van der Waals surface area contributed by atoms with Crippen molar-refractivity contribution in [2.24, 2.45) is 0 Å². The molecule has 0 aromatic heterocycles. The van der Waals surface area contributed by atoms with Gasteiger partial charge in [0.2, 0.25) is 5.91 Å². The van der Waals surface area contributed by atoms with E-state index in [0.29, 0.717) is 31.1 Å². The van der Waals surface area contributed by atoms with E-state index >= 15 is 0 Å². The molecule has 1 aromatic rings. The Balaban J connectivity index is 0.00000288. The van der Waals surface area contributed by atoms with E-state index in [9.17, 15) is 13.2 Å². The van der Waals surface area contributed by atoms with Gasteiger partial charge in [-0.2, -0.15) is 0 Å². The fourth-order valence-corrected chi connectivity index (χ4v) is 4.06. The number of carbonyl (C=O) groups is 1. The number of piperidine rings is 1. The lowest BCUT2D eigenvalue weighted by molar-refractivity contribution is -0.119. The summed E-state index contributed by atoms with van der Waals surface area (Å²) in [4.78, 5) is 12.7. The van der Waals surface area contributed by atoms with Crippen LogP contribution in [0.4, 0.5) is 5.69 Å². The van der Waals surface area contributed by atoms with E-state index in [0.717, 1.165) is 12.7 Å². The predicted octanol–water partition coefficient (Wildman–Crippen LogP) is 2.00. The van der Waals surface area contributed by atoms with E-state index in [2.05, 4.69) is 10.6 Å². The van der Waals surface area contributed by atoms with Gasteiger partial charge < -0.3 is 15.4 Å². The second-order valence-electron chi connectivity index (χ2n) is 5.85. The smallest absolute Gasteiger partial charge is 0.245 e. The van der Waals surface area contributed by atoms with E-state index in [1.54, 1.807) is 18.2 Å². The van der Waals surface area contributed by atoms with Crippen LogP contribution in [0.2, 0.25) is 0 Å². The molecule has 8 heteroatoms. The van der Waals surface area contributed by atoms with Crippen LogP contribution in [-0.2, 0) is 14.6 Å². The summed E-state index contributed by atoms with van der Waals surface area (Å²) in [5.74, 6) is 0.192. The molecule has 0 bridgehead atoms. The number of hydrogen-bond acceptors (Lipinski definition) is 5. The van der Waals surface area contributed by atoms with Gasteiger partial charge in [-0.15, -0.1) is 12.4 Å². The zero-order valence-electron chi connectivity index (χ0n) is 14.0. The number of halogens is 1. The van der Waals surface area contributed by atoms with Crippen molar-refractivity contribution in [3.05, 3.63) is 24.3 Å². The van der Waals surface area contributed by atoms with Gasteiger partial charge in [0.15, 0.2) is 14.6 Å². The molecule has 24 heavy (non-hydrogen) atoms. The number of anilines is 1. The van der Waals surface area contributed by atoms with E-state index in [-0.39, 0.29) is 25.2 Å². The second kappa shape index (κ2) is 8.69. The van der Waals surface area contributed by atoms with Crippen LogP contribution in [0, 0.1) is 0 Å². The maximum absolute atomic E-state index is 12.7. The van der Waals surface area contributed by atoms with Crippen LogP contribution in [0.1, 0.15) is 26.2 Å². The van der Waals surface area contributed by atoms with Crippen molar-refractivity contribution < 1.29 is 17.9 Å². The first-order valence-electron chi connectivity index (χ1n) is 7.84. The fraction of sp³-hybridized carbons (Fsp3) is 0.562. The quantitative estimate of drug-likeness (QED) is 0.793. The average molecular weight is 377 g/mol. The van der Waals surface area contributed by atoms with Crippen molar-refractivity contribution in [1.29, 1.82) is 0 Å². The molecule has 0 atom stereocenters. The molecule has 0 saturated carbocycles. The lowest BCUT2D eigenvalue weighted by Gasteiger charge is -2.34. The van der Waals surface area contributed by atoms with Crippen molar-refractivity contribution >= 4 is 33.8 Å². The van der Waals surface area contributed by atoms with E-state index in [1.165, 1.54) is 0 Å². The topological polar surface area (TPSA) is 84.5 Å². The van der Waals surface area contributed by atoms with Gasteiger partial charge in [0.05, 0.1) is 6.61 Å². The lowest BCUT2D eigenvalue weighted by atomic mass is 9.95. The summed E-state index contributed by atoms with van der Waals surface area (Å²) in [6.45, 7) is 3.63. The van der Waals surface area contributed by atoms with E-state index < -0.39 is 20.5 Å². The molecule has 2 rings (SSSR count). The first-order chi connectivity index (χ1) is 10.9. The van der Waals surface area contributed by atoms with Gasteiger partial charge in [0, 0.05) is 18.0 Å². The number of benzene rings is 1. The number of ether oxygens (including phenoxy) is 1. The minimum atomic E-state index is -3.51. The molecule has 2 N–H and O–H groups in total. The van der Waals surface area contributed by atoms with Gasteiger partial charge in [-0.1, -0.05) is 13.0 Å². The highest BCUT2D eigenvalue weighted by atomic mass is 35.5. The third-order valence-electron chi connectivity index (χ3n) is 4.10. The Hall–Kier alpha value is -1.31. The van der Waals surface area contributed by atoms with E-state index in [4.69, 9.17) is 4.74 Å². The van der Waals surface area contributed by atoms with Gasteiger partial charge in [-0.3, -0.25) is 4.79 Å². The molecule has 0 spiro atoms. The average Bonchev–Trinajstić information content (AvgIpc) is 2.53. The molecule has 1 heterocycles. The Morgan fingerprint density at radius 1 is 1.33 bits per heavy atom. The Morgan fingerprint density at radius 3 is 2.58 bits per heavy atom. The molecule has 1 aliphatic rings. The van der Waals surface area contributed by atoms with Gasteiger partial charge in [0.25, 0.3) is 0 Å². The van der Waals surface area contributed by atoms with Crippen LogP contribution in [0.25, 0.3) is 0 Å². The molecule has 0 unspecified atom stereocenters. The van der Waals surface area contributed by atoms with Crippen LogP contribution < -0.4 is 15.4 Å². The fourth-order valence-electron chi connectivity index (χ4n) is 2.73. The largest absolute Gasteiger partial charge is 0.494 e. The molecule has 1 aliphatic heterocycles. The highest BCUT2D eigenvalue weighted by Crippen LogP contribution is 2.30. The Labute approximate surface area is 149 Å². The summed E-state index contributed by atoms with van der Waals surface area (Å²) >= 11 is 0. The Bertz CT molecular complexity index is 658. The monoisotopic (exact) mass is 376 g/mol. The number of rotatable bonds is 6. The molecule has 1 amide bonds. The van der Waals surface area contributed by atoms with Gasteiger partial charge >= 0.3 is 0 Å². The maximum atomic E-state index is 12.7. The third-order valence-corrected chi connectivity index (χ3v) is 6.11. The maximum Gasteiger partial charge on any atom is 0.245 e. The number of hydrogen-bond donors (Lipinski definition) is 2. The first-order valence-corrected chi connectivity index (χ1v) is 9.73. The van der Waals surface area contributed by atoms with Crippen LogP contribution in [0.15, 0.2) is 24.3 Å². The highest BCUT2D eigenvalue weighted by molar-refractivity contribution is 7.92. The highest BCUT2D eigenvalue weighted by Gasteiger charge is 2.48. The summed E-state index contributed by atoms with van der Waals surface area (Å²) in [6, 6.07) is 7.02. The Kier molecular flexibility index (Phi) is 7.51. The minimum absolute atomic E-state index is 0. The number of sulfone groups is 1. The molecular formula is C16H25ClN2O4S. The van der Waals surface area contributed by atoms with Crippen molar-refractivity contribution in [1.82, 2.24) is 5.32 Å². The van der Waals surface area contributed by atoms with Crippen LogP contribution >= 0.6 is 12.4 Å². The van der Waals surface area contributed by atoms with Crippen molar-refractivity contribution in [3.8, 4) is 5.75 Å². The molecule has 0 aliphatic carbocycles. The number of carbonyl (C=O) groups excluding carboxylic acids is 1. The van der Waals surface area contributed by atoms with Crippen molar-refractivity contribution in [2.75, 3.05) is 31.3 Å². The second-order valence-corrected chi connectivity index (χ2v) is 8.17. The summed E-state index contributed by atoms with van der Waals surface area (Å²) in [7, 11) is -3.51. The molecule has 6 nitrogen and oxygen atoms in total. The number of nitrogens with one attached hydrogen (secondary N) is 2. The Morgan fingerprint density at radius 2 is 2.00 bits per heavy atom. The summed E-state index contributed by atoms with van der Waals surface area (Å²) in [5.41, 5.74) is 0.546. The molecule has 0 radical (unpaired) electrons. The zero-order valence-corrected chi connectivity index (χ0v) is 15.6. The minimum Gasteiger partial charge on any atom is -0.494 e. The van der Waals surface area contributed by atoms with Gasteiger partial charge in [-0.25, -0.2) is 8.42 Å². The SMILES string of the molecule is CCCOc1cccc(NC(=O)C2(S(C)(=O)=O)CCNCC2)c1.Cl. The normalized spacial score (nSPS) is 16.8. The zero-order chi connectivity index (χ0) is 16.9. The molecule has 1 aromatic carbocycles. The third kappa shape index (κ3) is 4.62. The predicted molar refractivity (Wildman–Crippen MR) is 97.8 cm³/mol. The summed E-state index contributed by atoms with van der Waals surface area (Å²) < 4.78 is 28.6. The summed E-state index contributed by atoms with van der Waals surface area (Å²) in [5, 5.41) is 5.85. The molecule has 1 saturated heterocycles. The van der Waals surface area contributed by atoms with Crippen molar-refractivity contribution in [2.45, 2.75) is 30.9 Å². The van der Waals surface area contributed by atoms with Gasteiger partial charge in [0.1, 0.15) is 5.75 Å². The van der Waals surface area contributed by atoms with E-state index in [1.807, 2.05) is 13.0 Å². The first kappa shape index (κ1) is 20.7. The van der Waals surface area contributed by atoms with Crippen LogP contribution in [0.5, 0.6) is 5.75 Å². The van der Waals surface area contributed by atoms with Crippen LogP contribution in [-0.4, -0.2) is 45.0 Å². The number of amides is 1.